The van der Waals surface area contributed by atoms with Crippen LogP contribution in [0.15, 0.2) is 65.1 Å². The van der Waals surface area contributed by atoms with E-state index in [0.717, 1.165) is 25.2 Å². The van der Waals surface area contributed by atoms with Crippen molar-refractivity contribution < 1.29 is 13.6 Å². The number of carbonyl (C=O) groups excluding carboxylic acids is 1. The van der Waals surface area contributed by atoms with Crippen LogP contribution in [-0.2, 0) is 13.1 Å². The number of hydrogen-bond donors (Lipinski definition) is 1. The molecule has 1 aliphatic rings. The molecule has 1 amide bonds. The van der Waals surface area contributed by atoms with Crippen LogP contribution in [0, 0.1) is 5.82 Å². The predicted molar refractivity (Wildman–Crippen MR) is 106 cm³/mol. The van der Waals surface area contributed by atoms with Gasteiger partial charge in [0.05, 0.1) is 5.56 Å². The normalized spacial score (nSPS) is 14.3. The summed E-state index contributed by atoms with van der Waals surface area (Å²) in [6.07, 6.45) is 2.50. The molecule has 0 spiro atoms. The van der Waals surface area contributed by atoms with Gasteiger partial charge in [-0.05, 0) is 61.3 Å². The van der Waals surface area contributed by atoms with Crippen molar-refractivity contribution in [2.45, 2.75) is 25.9 Å². The standard InChI is InChI=1S/C23H23FN2O2/c24-20-10-4-3-9-19(20)21-11-12-22(28-21)23(27)25-15-17-7-1-2-8-18(17)16-26-13-5-6-14-26/h1-4,7-12H,5-6,13-16H2,(H,25,27). The van der Waals surface area contributed by atoms with Crippen molar-refractivity contribution in [3.8, 4) is 11.3 Å². The quantitative estimate of drug-likeness (QED) is 0.681. The first-order valence-electron chi connectivity index (χ1n) is 9.63. The average Bonchev–Trinajstić information content (AvgIpc) is 3.40. The van der Waals surface area contributed by atoms with Gasteiger partial charge in [0.2, 0.25) is 0 Å². The third-order valence-electron chi connectivity index (χ3n) is 5.12. The van der Waals surface area contributed by atoms with Gasteiger partial charge in [-0.3, -0.25) is 9.69 Å². The molecule has 4 rings (SSSR count). The summed E-state index contributed by atoms with van der Waals surface area (Å²) in [5, 5.41) is 2.91. The third-order valence-corrected chi connectivity index (χ3v) is 5.12. The molecule has 0 unspecified atom stereocenters. The molecule has 0 saturated carbocycles. The SMILES string of the molecule is O=C(NCc1ccccc1CN1CCCC1)c1ccc(-c2ccccc2F)o1. The van der Waals surface area contributed by atoms with Crippen molar-refractivity contribution in [2.24, 2.45) is 0 Å². The highest BCUT2D eigenvalue weighted by Crippen LogP contribution is 2.25. The van der Waals surface area contributed by atoms with E-state index in [1.165, 1.54) is 24.5 Å². The van der Waals surface area contributed by atoms with Crippen LogP contribution in [-0.4, -0.2) is 23.9 Å². The molecule has 5 heteroatoms. The van der Waals surface area contributed by atoms with Gasteiger partial charge in [-0.2, -0.15) is 0 Å². The Hall–Kier alpha value is -2.92. The predicted octanol–water partition coefficient (Wildman–Crippen LogP) is 4.61. The van der Waals surface area contributed by atoms with Gasteiger partial charge in [0.25, 0.3) is 5.91 Å². The molecule has 2 aromatic carbocycles. The first-order chi connectivity index (χ1) is 13.7. The zero-order chi connectivity index (χ0) is 19.3. The Morgan fingerprint density at radius 3 is 2.46 bits per heavy atom. The lowest BCUT2D eigenvalue weighted by atomic mass is 10.1. The summed E-state index contributed by atoms with van der Waals surface area (Å²) in [6.45, 7) is 3.60. The molecule has 0 radical (unpaired) electrons. The first-order valence-corrected chi connectivity index (χ1v) is 9.63. The van der Waals surface area contributed by atoms with E-state index in [-0.39, 0.29) is 17.5 Å². The summed E-state index contributed by atoms with van der Waals surface area (Å²) in [6, 6.07) is 17.7. The fraction of sp³-hybridized carbons (Fsp3) is 0.261. The van der Waals surface area contributed by atoms with Crippen molar-refractivity contribution in [1.82, 2.24) is 10.2 Å². The highest BCUT2D eigenvalue weighted by atomic mass is 19.1. The highest BCUT2D eigenvalue weighted by Gasteiger charge is 2.16. The van der Waals surface area contributed by atoms with E-state index in [9.17, 15) is 9.18 Å². The van der Waals surface area contributed by atoms with Crippen LogP contribution in [0.3, 0.4) is 0 Å². The minimum absolute atomic E-state index is 0.176. The highest BCUT2D eigenvalue weighted by molar-refractivity contribution is 5.92. The van der Waals surface area contributed by atoms with Gasteiger partial charge < -0.3 is 9.73 Å². The van der Waals surface area contributed by atoms with Crippen LogP contribution in [0.5, 0.6) is 0 Å². The second-order valence-electron chi connectivity index (χ2n) is 7.08. The van der Waals surface area contributed by atoms with Crippen LogP contribution in [0.4, 0.5) is 4.39 Å². The van der Waals surface area contributed by atoms with E-state index >= 15 is 0 Å². The Morgan fingerprint density at radius 1 is 0.964 bits per heavy atom. The molecule has 1 saturated heterocycles. The maximum atomic E-state index is 13.9. The second-order valence-corrected chi connectivity index (χ2v) is 7.08. The fourth-order valence-corrected chi connectivity index (χ4v) is 3.59. The topological polar surface area (TPSA) is 45.5 Å². The van der Waals surface area contributed by atoms with Crippen LogP contribution >= 0.6 is 0 Å². The Kier molecular flexibility index (Phi) is 5.53. The van der Waals surface area contributed by atoms with E-state index in [1.54, 1.807) is 30.3 Å². The van der Waals surface area contributed by atoms with E-state index in [4.69, 9.17) is 4.42 Å². The summed E-state index contributed by atoms with van der Waals surface area (Å²) in [7, 11) is 0. The van der Waals surface area contributed by atoms with Crippen LogP contribution in [0.1, 0.15) is 34.5 Å². The van der Waals surface area contributed by atoms with Gasteiger partial charge >= 0.3 is 0 Å². The van der Waals surface area contributed by atoms with Gasteiger partial charge in [0, 0.05) is 13.1 Å². The van der Waals surface area contributed by atoms with Gasteiger partial charge in [-0.25, -0.2) is 4.39 Å². The lowest BCUT2D eigenvalue weighted by Crippen LogP contribution is -2.24. The molecule has 2 heterocycles. The minimum Gasteiger partial charge on any atom is -0.451 e. The van der Waals surface area contributed by atoms with Crippen molar-refractivity contribution in [3.63, 3.8) is 0 Å². The van der Waals surface area contributed by atoms with Crippen molar-refractivity contribution >= 4 is 5.91 Å². The monoisotopic (exact) mass is 378 g/mol. The van der Waals surface area contributed by atoms with Crippen LogP contribution in [0.2, 0.25) is 0 Å². The number of furan rings is 1. The van der Waals surface area contributed by atoms with E-state index in [1.807, 2.05) is 18.2 Å². The number of benzene rings is 2. The number of hydrogen-bond acceptors (Lipinski definition) is 3. The van der Waals surface area contributed by atoms with Gasteiger partial charge in [-0.15, -0.1) is 0 Å². The third kappa shape index (κ3) is 4.15. The first kappa shape index (κ1) is 18.4. The maximum absolute atomic E-state index is 13.9. The molecule has 4 nitrogen and oxygen atoms in total. The summed E-state index contributed by atoms with van der Waals surface area (Å²) >= 11 is 0. The molecular formula is C23H23FN2O2. The summed E-state index contributed by atoms with van der Waals surface area (Å²) in [5.41, 5.74) is 2.68. The average molecular weight is 378 g/mol. The summed E-state index contributed by atoms with van der Waals surface area (Å²) in [4.78, 5) is 14.9. The Labute approximate surface area is 164 Å². The minimum atomic E-state index is -0.375. The molecule has 0 bridgehead atoms. The van der Waals surface area contributed by atoms with Crippen molar-refractivity contribution in [2.75, 3.05) is 13.1 Å². The number of amides is 1. The molecule has 1 N–H and O–H groups in total. The Balaban J connectivity index is 1.42. The number of carbonyl (C=O) groups is 1. The molecule has 1 aliphatic heterocycles. The van der Waals surface area contributed by atoms with Gasteiger partial charge in [0.1, 0.15) is 11.6 Å². The van der Waals surface area contributed by atoms with E-state index in [0.29, 0.717) is 17.9 Å². The zero-order valence-electron chi connectivity index (χ0n) is 15.7. The maximum Gasteiger partial charge on any atom is 0.287 e. The molecular weight excluding hydrogens is 355 g/mol. The smallest absolute Gasteiger partial charge is 0.287 e. The fourth-order valence-electron chi connectivity index (χ4n) is 3.59. The molecule has 1 fully saturated rings. The second kappa shape index (κ2) is 8.40. The molecule has 3 aromatic rings. The van der Waals surface area contributed by atoms with Gasteiger partial charge in [0.15, 0.2) is 5.76 Å². The number of nitrogens with zero attached hydrogens (tertiary/aromatic N) is 1. The lowest BCUT2D eigenvalue weighted by Gasteiger charge is -2.17. The molecule has 144 valence electrons. The van der Waals surface area contributed by atoms with E-state index in [2.05, 4.69) is 16.3 Å². The number of nitrogens with one attached hydrogen (secondary N) is 1. The van der Waals surface area contributed by atoms with Crippen molar-refractivity contribution in [1.29, 1.82) is 0 Å². The van der Waals surface area contributed by atoms with Crippen LogP contribution < -0.4 is 5.32 Å². The van der Waals surface area contributed by atoms with Crippen LogP contribution in [0.25, 0.3) is 11.3 Å². The summed E-state index contributed by atoms with van der Waals surface area (Å²) < 4.78 is 19.5. The molecule has 0 aliphatic carbocycles. The summed E-state index contributed by atoms with van der Waals surface area (Å²) in [5.74, 6) is -0.161. The molecule has 1 aromatic heterocycles. The van der Waals surface area contributed by atoms with E-state index < -0.39 is 0 Å². The largest absolute Gasteiger partial charge is 0.451 e. The lowest BCUT2D eigenvalue weighted by molar-refractivity contribution is 0.0924. The number of rotatable bonds is 6. The Morgan fingerprint density at radius 2 is 1.68 bits per heavy atom. The molecule has 28 heavy (non-hydrogen) atoms. The number of halogens is 1. The Bertz CT molecular complexity index is 960. The molecule has 0 atom stereocenters. The number of likely N-dealkylation sites (tertiary alicyclic amines) is 1. The van der Waals surface area contributed by atoms with Gasteiger partial charge in [-0.1, -0.05) is 36.4 Å². The zero-order valence-corrected chi connectivity index (χ0v) is 15.7. The van der Waals surface area contributed by atoms with Crippen molar-refractivity contribution in [3.05, 3.63) is 83.4 Å².